The van der Waals surface area contributed by atoms with Crippen molar-refractivity contribution >= 4 is 22.2 Å². The number of anilines is 2. The van der Waals surface area contributed by atoms with Crippen LogP contribution in [-0.4, -0.2) is 32.3 Å². The number of methoxy groups -OCH3 is 1. The minimum absolute atomic E-state index is 0.730. The van der Waals surface area contributed by atoms with Gasteiger partial charge in [0.15, 0.2) is 5.13 Å². The maximum atomic E-state index is 5.04. The highest BCUT2D eigenvalue weighted by atomic mass is 32.1. The van der Waals surface area contributed by atoms with Crippen molar-refractivity contribution in [3.8, 4) is 0 Å². The van der Waals surface area contributed by atoms with Crippen molar-refractivity contribution in [1.82, 2.24) is 10.3 Å². The first kappa shape index (κ1) is 15.9. The molecule has 1 aromatic heterocycles. The standard InChI is InChI=1S/C16H23N3OS/c1-12-5-7-14(8-6-12)19(3)16-18-13(2)15(21-16)11-17-9-10-20-4/h5-8,17H,9-11H2,1-4H3. The fraction of sp³-hybridized carbons (Fsp3) is 0.438. The minimum Gasteiger partial charge on any atom is -0.383 e. The van der Waals surface area contributed by atoms with E-state index in [4.69, 9.17) is 4.74 Å². The Balaban J connectivity index is 2.05. The van der Waals surface area contributed by atoms with E-state index in [0.29, 0.717) is 0 Å². The molecule has 1 N–H and O–H groups in total. The number of benzene rings is 1. The van der Waals surface area contributed by atoms with Gasteiger partial charge in [-0.15, -0.1) is 0 Å². The van der Waals surface area contributed by atoms with Gasteiger partial charge in [0.25, 0.3) is 0 Å². The number of aromatic nitrogens is 1. The molecule has 4 nitrogen and oxygen atoms in total. The van der Waals surface area contributed by atoms with Crippen molar-refractivity contribution in [2.24, 2.45) is 0 Å². The van der Waals surface area contributed by atoms with Crippen LogP contribution in [0.1, 0.15) is 16.1 Å². The fourth-order valence-electron chi connectivity index (χ4n) is 1.98. The highest BCUT2D eigenvalue weighted by Gasteiger charge is 2.12. The van der Waals surface area contributed by atoms with Crippen LogP contribution in [0.3, 0.4) is 0 Å². The van der Waals surface area contributed by atoms with E-state index in [0.717, 1.165) is 36.2 Å². The summed E-state index contributed by atoms with van der Waals surface area (Å²) in [6.45, 7) is 6.59. The summed E-state index contributed by atoms with van der Waals surface area (Å²) in [7, 11) is 3.78. The molecule has 0 fully saturated rings. The molecule has 1 aromatic carbocycles. The molecule has 0 aliphatic carbocycles. The molecule has 0 aliphatic rings. The molecule has 1 heterocycles. The number of nitrogens with one attached hydrogen (secondary N) is 1. The quantitative estimate of drug-likeness (QED) is 0.797. The van der Waals surface area contributed by atoms with Gasteiger partial charge in [-0.3, -0.25) is 0 Å². The van der Waals surface area contributed by atoms with Crippen molar-refractivity contribution in [2.45, 2.75) is 20.4 Å². The Morgan fingerprint density at radius 2 is 1.95 bits per heavy atom. The molecule has 114 valence electrons. The number of nitrogens with zero attached hydrogens (tertiary/aromatic N) is 2. The Labute approximate surface area is 130 Å². The van der Waals surface area contributed by atoms with Crippen LogP contribution < -0.4 is 10.2 Å². The van der Waals surface area contributed by atoms with Crippen molar-refractivity contribution in [1.29, 1.82) is 0 Å². The first-order valence-corrected chi connectivity index (χ1v) is 7.90. The molecule has 0 saturated carbocycles. The third kappa shape index (κ3) is 4.27. The molecular weight excluding hydrogens is 282 g/mol. The maximum Gasteiger partial charge on any atom is 0.190 e. The van der Waals surface area contributed by atoms with Crippen LogP contribution in [0.5, 0.6) is 0 Å². The lowest BCUT2D eigenvalue weighted by atomic mass is 10.2. The molecule has 0 radical (unpaired) electrons. The number of ether oxygens (including phenoxy) is 1. The summed E-state index contributed by atoms with van der Waals surface area (Å²) in [6, 6.07) is 8.50. The first-order chi connectivity index (χ1) is 10.1. The summed E-state index contributed by atoms with van der Waals surface area (Å²) in [4.78, 5) is 8.09. The van der Waals surface area contributed by atoms with E-state index in [2.05, 4.69) is 60.4 Å². The molecule has 0 bridgehead atoms. The molecule has 0 saturated heterocycles. The van der Waals surface area contributed by atoms with E-state index in [1.165, 1.54) is 10.4 Å². The molecule has 5 heteroatoms. The van der Waals surface area contributed by atoms with Gasteiger partial charge in [0.05, 0.1) is 12.3 Å². The molecular formula is C16H23N3OS. The van der Waals surface area contributed by atoms with E-state index in [9.17, 15) is 0 Å². The maximum absolute atomic E-state index is 5.04. The smallest absolute Gasteiger partial charge is 0.190 e. The largest absolute Gasteiger partial charge is 0.383 e. The van der Waals surface area contributed by atoms with E-state index >= 15 is 0 Å². The van der Waals surface area contributed by atoms with Gasteiger partial charge in [0.2, 0.25) is 0 Å². The molecule has 0 amide bonds. The summed E-state index contributed by atoms with van der Waals surface area (Å²) in [5, 5.41) is 4.40. The summed E-state index contributed by atoms with van der Waals surface area (Å²) in [5.74, 6) is 0. The Kier molecular flexibility index (Phi) is 5.73. The number of rotatable bonds is 7. The van der Waals surface area contributed by atoms with Gasteiger partial charge in [0.1, 0.15) is 0 Å². The van der Waals surface area contributed by atoms with Crippen molar-refractivity contribution < 1.29 is 4.74 Å². The lowest BCUT2D eigenvalue weighted by molar-refractivity contribution is 0.199. The Hall–Kier alpha value is -1.43. The van der Waals surface area contributed by atoms with E-state index in [-0.39, 0.29) is 0 Å². The third-order valence-electron chi connectivity index (χ3n) is 3.36. The van der Waals surface area contributed by atoms with Gasteiger partial charge < -0.3 is 15.0 Å². The zero-order valence-electron chi connectivity index (χ0n) is 13.1. The Morgan fingerprint density at radius 1 is 1.24 bits per heavy atom. The molecule has 2 rings (SSSR count). The predicted octanol–water partition coefficient (Wildman–Crippen LogP) is 3.26. The summed E-state index contributed by atoms with van der Waals surface area (Å²) in [6.07, 6.45) is 0. The third-order valence-corrected chi connectivity index (χ3v) is 4.59. The second-order valence-electron chi connectivity index (χ2n) is 5.07. The van der Waals surface area contributed by atoms with Crippen LogP contribution in [-0.2, 0) is 11.3 Å². The molecule has 2 aromatic rings. The summed E-state index contributed by atoms with van der Waals surface area (Å²) < 4.78 is 5.04. The molecule has 0 spiro atoms. The topological polar surface area (TPSA) is 37.4 Å². The molecule has 0 aliphatic heterocycles. The van der Waals surface area contributed by atoms with E-state index in [1.807, 2.05) is 0 Å². The molecule has 0 unspecified atom stereocenters. The highest BCUT2D eigenvalue weighted by molar-refractivity contribution is 7.15. The van der Waals surface area contributed by atoms with Gasteiger partial charge in [-0.1, -0.05) is 29.0 Å². The normalized spacial score (nSPS) is 10.9. The van der Waals surface area contributed by atoms with Gasteiger partial charge in [0, 0.05) is 37.8 Å². The van der Waals surface area contributed by atoms with Crippen molar-refractivity contribution in [2.75, 3.05) is 32.2 Å². The molecule has 0 atom stereocenters. The van der Waals surface area contributed by atoms with Crippen LogP contribution in [0.4, 0.5) is 10.8 Å². The molecule has 21 heavy (non-hydrogen) atoms. The zero-order valence-corrected chi connectivity index (χ0v) is 14.0. The van der Waals surface area contributed by atoms with Gasteiger partial charge in [-0.05, 0) is 26.0 Å². The first-order valence-electron chi connectivity index (χ1n) is 7.08. The van der Waals surface area contributed by atoms with Gasteiger partial charge in [-0.2, -0.15) is 0 Å². The number of hydrogen-bond donors (Lipinski definition) is 1. The lowest BCUT2D eigenvalue weighted by Crippen LogP contribution is -2.18. The van der Waals surface area contributed by atoms with Gasteiger partial charge in [-0.25, -0.2) is 4.98 Å². The Bertz CT molecular complexity index is 565. The summed E-state index contributed by atoms with van der Waals surface area (Å²) >= 11 is 1.74. The van der Waals surface area contributed by atoms with Crippen LogP contribution in [0.2, 0.25) is 0 Å². The lowest BCUT2D eigenvalue weighted by Gasteiger charge is -2.15. The fourth-order valence-corrected chi connectivity index (χ4v) is 2.99. The van der Waals surface area contributed by atoms with E-state index in [1.54, 1.807) is 18.4 Å². The van der Waals surface area contributed by atoms with Crippen LogP contribution in [0.15, 0.2) is 24.3 Å². The average Bonchev–Trinajstić information content (AvgIpc) is 2.85. The monoisotopic (exact) mass is 305 g/mol. The number of aryl methyl sites for hydroxylation is 2. The van der Waals surface area contributed by atoms with E-state index < -0.39 is 0 Å². The zero-order chi connectivity index (χ0) is 15.2. The van der Waals surface area contributed by atoms with Crippen LogP contribution in [0, 0.1) is 13.8 Å². The average molecular weight is 305 g/mol. The van der Waals surface area contributed by atoms with Crippen LogP contribution >= 0.6 is 11.3 Å². The van der Waals surface area contributed by atoms with Crippen molar-refractivity contribution in [3.63, 3.8) is 0 Å². The SMILES string of the molecule is COCCNCc1sc(N(C)c2ccc(C)cc2)nc1C. The van der Waals surface area contributed by atoms with Gasteiger partial charge >= 0.3 is 0 Å². The second-order valence-corrected chi connectivity index (χ2v) is 6.13. The van der Waals surface area contributed by atoms with Crippen molar-refractivity contribution in [3.05, 3.63) is 40.4 Å². The number of hydrogen-bond acceptors (Lipinski definition) is 5. The predicted molar refractivity (Wildman–Crippen MR) is 89.7 cm³/mol. The Morgan fingerprint density at radius 3 is 2.62 bits per heavy atom. The number of thiazole rings is 1. The van der Waals surface area contributed by atoms with Crippen LogP contribution in [0.25, 0.3) is 0 Å². The minimum atomic E-state index is 0.730. The second kappa shape index (κ2) is 7.54. The highest BCUT2D eigenvalue weighted by Crippen LogP contribution is 2.30. The summed E-state index contributed by atoms with van der Waals surface area (Å²) in [5.41, 5.74) is 3.53.